The molecule has 0 radical (unpaired) electrons. The van der Waals surface area contributed by atoms with Crippen LogP contribution >= 0.6 is 11.8 Å². The molecule has 2 atom stereocenters. The van der Waals surface area contributed by atoms with E-state index in [2.05, 4.69) is 26.1 Å². The Labute approximate surface area is 104 Å². The van der Waals surface area contributed by atoms with Crippen molar-refractivity contribution in [3.8, 4) is 0 Å². The topological polar surface area (TPSA) is 55.1 Å². The van der Waals surface area contributed by atoms with Crippen LogP contribution < -0.4 is 11.1 Å². The van der Waals surface area contributed by atoms with Crippen molar-refractivity contribution in [2.45, 2.75) is 52.6 Å². The summed E-state index contributed by atoms with van der Waals surface area (Å²) >= 11 is 1.73. The van der Waals surface area contributed by atoms with E-state index in [1.54, 1.807) is 11.8 Å². The molecule has 0 aromatic rings. The zero-order valence-electron chi connectivity index (χ0n) is 11.2. The first-order valence-electron chi connectivity index (χ1n) is 5.78. The van der Waals surface area contributed by atoms with Crippen LogP contribution in [0, 0.1) is 5.41 Å². The van der Waals surface area contributed by atoms with Gasteiger partial charge in [0.25, 0.3) is 0 Å². The highest BCUT2D eigenvalue weighted by Crippen LogP contribution is 2.20. The molecule has 4 heteroatoms. The van der Waals surface area contributed by atoms with Crippen LogP contribution in [0.2, 0.25) is 0 Å². The molecule has 16 heavy (non-hydrogen) atoms. The summed E-state index contributed by atoms with van der Waals surface area (Å²) in [5.74, 6) is 1.01. The van der Waals surface area contributed by atoms with Crippen molar-refractivity contribution in [2.24, 2.45) is 11.1 Å². The van der Waals surface area contributed by atoms with Gasteiger partial charge >= 0.3 is 0 Å². The molecule has 0 aliphatic heterocycles. The van der Waals surface area contributed by atoms with Gasteiger partial charge in [-0.25, -0.2) is 0 Å². The third-order valence-corrected chi connectivity index (χ3v) is 2.98. The number of nitrogens with two attached hydrogens (primary N) is 1. The second-order valence-corrected chi connectivity index (χ2v) is 6.56. The third-order valence-electron chi connectivity index (χ3n) is 2.15. The van der Waals surface area contributed by atoms with Gasteiger partial charge in [-0.3, -0.25) is 4.79 Å². The zero-order valence-corrected chi connectivity index (χ0v) is 12.0. The van der Waals surface area contributed by atoms with Crippen LogP contribution in [-0.2, 0) is 4.79 Å². The normalized spacial score (nSPS) is 15.6. The summed E-state index contributed by atoms with van der Waals surface area (Å²) in [6, 6.07) is 0.186. The highest BCUT2D eigenvalue weighted by molar-refractivity contribution is 7.98. The minimum Gasteiger partial charge on any atom is -0.353 e. The van der Waals surface area contributed by atoms with Gasteiger partial charge in [0.2, 0.25) is 5.91 Å². The molecule has 1 amide bonds. The first-order chi connectivity index (χ1) is 7.24. The van der Waals surface area contributed by atoms with Crippen LogP contribution in [-0.4, -0.2) is 30.0 Å². The van der Waals surface area contributed by atoms with Gasteiger partial charge in [-0.05, 0) is 25.0 Å². The van der Waals surface area contributed by atoms with Gasteiger partial charge in [0.05, 0.1) is 0 Å². The maximum Gasteiger partial charge on any atom is 0.221 e. The Balaban J connectivity index is 3.87. The van der Waals surface area contributed by atoms with E-state index in [0.29, 0.717) is 6.42 Å². The van der Waals surface area contributed by atoms with Crippen molar-refractivity contribution in [3.05, 3.63) is 0 Å². The molecule has 2 unspecified atom stereocenters. The van der Waals surface area contributed by atoms with E-state index in [1.165, 1.54) is 0 Å². The molecule has 0 saturated carbocycles. The SMILES string of the molecule is CSCC(C)NC(=O)CC(N)CC(C)(C)C. The van der Waals surface area contributed by atoms with Crippen molar-refractivity contribution < 1.29 is 4.79 Å². The second kappa shape index (κ2) is 7.17. The number of rotatable bonds is 6. The summed E-state index contributed by atoms with van der Waals surface area (Å²) < 4.78 is 0. The largest absolute Gasteiger partial charge is 0.353 e. The van der Waals surface area contributed by atoms with Gasteiger partial charge in [-0.15, -0.1) is 0 Å². The Kier molecular flexibility index (Phi) is 7.07. The minimum atomic E-state index is -0.0403. The van der Waals surface area contributed by atoms with Crippen LogP contribution in [0.25, 0.3) is 0 Å². The van der Waals surface area contributed by atoms with Gasteiger partial charge in [0.15, 0.2) is 0 Å². The van der Waals surface area contributed by atoms with E-state index in [0.717, 1.165) is 12.2 Å². The third kappa shape index (κ3) is 9.04. The number of hydrogen-bond donors (Lipinski definition) is 2. The van der Waals surface area contributed by atoms with E-state index >= 15 is 0 Å². The second-order valence-electron chi connectivity index (χ2n) is 5.65. The van der Waals surface area contributed by atoms with Gasteiger partial charge in [0, 0.05) is 24.3 Å². The average molecular weight is 246 g/mol. The predicted molar refractivity (Wildman–Crippen MR) is 72.7 cm³/mol. The minimum absolute atomic E-state index is 0.0403. The van der Waals surface area contributed by atoms with Crippen LogP contribution in [0.15, 0.2) is 0 Å². The first kappa shape index (κ1) is 15.8. The van der Waals surface area contributed by atoms with Crippen molar-refractivity contribution in [1.82, 2.24) is 5.32 Å². The molecule has 3 nitrogen and oxygen atoms in total. The molecule has 0 heterocycles. The lowest BCUT2D eigenvalue weighted by atomic mass is 9.87. The summed E-state index contributed by atoms with van der Waals surface area (Å²) in [6.45, 7) is 8.44. The monoisotopic (exact) mass is 246 g/mol. The van der Waals surface area contributed by atoms with Crippen LogP contribution in [0.1, 0.15) is 40.5 Å². The lowest BCUT2D eigenvalue weighted by Gasteiger charge is -2.23. The Morgan fingerprint density at radius 1 is 1.44 bits per heavy atom. The number of carbonyl (C=O) groups excluding carboxylic acids is 1. The molecule has 96 valence electrons. The van der Waals surface area contributed by atoms with E-state index in [9.17, 15) is 4.79 Å². The van der Waals surface area contributed by atoms with E-state index in [-0.39, 0.29) is 23.4 Å². The molecule has 0 spiro atoms. The summed E-state index contributed by atoms with van der Waals surface area (Å²) in [5, 5.41) is 2.96. The molecule has 0 aliphatic carbocycles. The molecule has 0 rings (SSSR count). The van der Waals surface area contributed by atoms with E-state index < -0.39 is 0 Å². The van der Waals surface area contributed by atoms with Gasteiger partial charge in [-0.1, -0.05) is 20.8 Å². The summed E-state index contributed by atoms with van der Waals surface area (Å²) in [7, 11) is 0. The maximum atomic E-state index is 11.6. The van der Waals surface area contributed by atoms with Crippen molar-refractivity contribution >= 4 is 17.7 Å². The molecule has 0 bridgehead atoms. The molecular formula is C12H26N2OS. The van der Waals surface area contributed by atoms with Gasteiger partial charge < -0.3 is 11.1 Å². The number of carbonyl (C=O) groups is 1. The molecule has 0 aromatic carbocycles. The van der Waals surface area contributed by atoms with E-state index in [1.807, 2.05) is 13.2 Å². The predicted octanol–water partition coefficient (Wildman–Crippen LogP) is 2.01. The molecular weight excluding hydrogens is 220 g/mol. The smallest absolute Gasteiger partial charge is 0.221 e. The maximum absolute atomic E-state index is 11.6. The molecule has 0 aliphatic rings. The fraction of sp³-hybridized carbons (Fsp3) is 0.917. The van der Waals surface area contributed by atoms with Crippen LogP contribution in [0.3, 0.4) is 0 Å². The lowest BCUT2D eigenvalue weighted by molar-refractivity contribution is -0.122. The number of nitrogens with one attached hydrogen (secondary N) is 1. The average Bonchev–Trinajstić information content (AvgIpc) is 1.98. The molecule has 0 fully saturated rings. The number of thioether (sulfide) groups is 1. The summed E-state index contributed by atoms with van der Waals surface area (Å²) in [4.78, 5) is 11.6. The highest BCUT2D eigenvalue weighted by atomic mass is 32.2. The van der Waals surface area contributed by atoms with Crippen LogP contribution in [0.5, 0.6) is 0 Å². The Morgan fingerprint density at radius 3 is 2.44 bits per heavy atom. The quantitative estimate of drug-likeness (QED) is 0.754. The number of hydrogen-bond acceptors (Lipinski definition) is 3. The van der Waals surface area contributed by atoms with Gasteiger partial charge in [-0.2, -0.15) is 11.8 Å². The molecule has 0 aromatic heterocycles. The molecule has 0 saturated heterocycles. The number of amides is 1. The van der Waals surface area contributed by atoms with Crippen molar-refractivity contribution in [2.75, 3.05) is 12.0 Å². The molecule has 3 N–H and O–H groups in total. The fourth-order valence-corrected chi connectivity index (χ4v) is 2.31. The summed E-state index contributed by atoms with van der Waals surface area (Å²) in [6.07, 6.45) is 3.33. The zero-order chi connectivity index (χ0) is 12.8. The summed E-state index contributed by atoms with van der Waals surface area (Å²) in [5.41, 5.74) is 6.13. The standard InChI is InChI=1S/C12H26N2OS/c1-9(8-16-5)14-11(15)6-10(13)7-12(2,3)4/h9-10H,6-8,13H2,1-5H3,(H,14,15). The van der Waals surface area contributed by atoms with E-state index in [4.69, 9.17) is 5.73 Å². The highest BCUT2D eigenvalue weighted by Gasteiger charge is 2.18. The lowest BCUT2D eigenvalue weighted by Crippen LogP contribution is -2.39. The Hall–Kier alpha value is -0.220. The Morgan fingerprint density at radius 2 is 2.00 bits per heavy atom. The van der Waals surface area contributed by atoms with Crippen molar-refractivity contribution in [3.63, 3.8) is 0 Å². The van der Waals surface area contributed by atoms with Crippen molar-refractivity contribution in [1.29, 1.82) is 0 Å². The fourth-order valence-electron chi connectivity index (χ4n) is 1.72. The Bertz CT molecular complexity index is 214. The first-order valence-corrected chi connectivity index (χ1v) is 7.18. The van der Waals surface area contributed by atoms with Crippen LogP contribution in [0.4, 0.5) is 0 Å². The van der Waals surface area contributed by atoms with Gasteiger partial charge in [0.1, 0.15) is 0 Å².